The molecule has 2 N–H and O–H groups in total. The van der Waals surface area contributed by atoms with Gasteiger partial charge in [0.2, 0.25) is 5.91 Å². The SMILES string of the molecule is O=C1Cc2cc(C(=O)NC3CN4CCC3CC4)ccc2N1. The Morgan fingerprint density at radius 2 is 2.10 bits per heavy atom. The van der Waals surface area contributed by atoms with E-state index in [1.54, 1.807) is 6.07 Å². The zero-order chi connectivity index (χ0) is 14.4. The molecule has 0 saturated carbocycles. The fourth-order valence-corrected chi connectivity index (χ4v) is 3.75. The number of fused-ring (bicyclic) bond motifs is 4. The van der Waals surface area contributed by atoms with E-state index in [9.17, 15) is 9.59 Å². The molecule has 2 bridgehead atoms. The first kappa shape index (κ1) is 12.8. The van der Waals surface area contributed by atoms with Gasteiger partial charge in [-0.25, -0.2) is 0 Å². The van der Waals surface area contributed by atoms with E-state index in [-0.39, 0.29) is 17.9 Å². The number of anilines is 1. The van der Waals surface area contributed by atoms with Crippen molar-refractivity contribution in [2.45, 2.75) is 25.3 Å². The van der Waals surface area contributed by atoms with Gasteiger partial charge in [0.15, 0.2) is 0 Å². The van der Waals surface area contributed by atoms with Crippen LogP contribution in [0.3, 0.4) is 0 Å². The summed E-state index contributed by atoms with van der Waals surface area (Å²) in [5.74, 6) is 0.604. The van der Waals surface area contributed by atoms with E-state index >= 15 is 0 Å². The number of carbonyl (C=O) groups excluding carboxylic acids is 2. The highest BCUT2D eigenvalue weighted by molar-refractivity contribution is 6.01. The van der Waals surface area contributed by atoms with Crippen molar-refractivity contribution in [1.29, 1.82) is 0 Å². The van der Waals surface area contributed by atoms with Crippen LogP contribution in [0.25, 0.3) is 0 Å². The summed E-state index contributed by atoms with van der Waals surface area (Å²) in [5, 5.41) is 5.97. The van der Waals surface area contributed by atoms with Crippen LogP contribution in [0.1, 0.15) is 28.8 Å². The van der Waals surface area contributed by atoms with Crippen LogP contribution in [0.15, 0.2) is 18.2 Å². The molecule has 1 aromatic rings. The average molecular weight is 285 g/mol. The number of hydrogen-bond acceptors (Lipinski definition) is 3. The third-order valence-electron chi connectivity index (χ3n) is 4.97. The van der Waals surface area contributed by atoms with Crippen molar-refractivity contribution >= 4 is 17.5 Å². The van der Waals surface area contributed by atoms with Gasteiger partial charge < -0.3 is 15.5 Å². The highest BCUT2D eigenvalue weighted by Gasteiger charge is 2.35. The Morgan fingerprint density at radius 3 is 2.81 bits per heavy atom. The van der Waals surface area contributed by atoms with Gasteiger partial charge >= 0.3 is 0 Å². The average Bonchev–Trinajstić information content (AvgIpc) is 2.87. The predicted octanol–water partition coefficient (Wildman–Crippen LogP) is 1.01. The Balaban J connectivity index is 1.48. The van der Waals surface area contributed by atoms with Crippen molar-refractivity contribution in [1.82, 2.24) is 10.2 Å². The monoisotopic (exact) mass is 285 g/mol. The standard InChI is InChI=1S/C16H19N3O2/c20-15-8-12-7-11(1-2-13(12)17-15)16(21)18-14-9-19-5-3-10(14)4-6-19/h1-2,7,10,14H,3-6,8-9H2,(H,17,20)(H,18,21). The Morgan fingerprint density at radius 1 is 1.29 bits per heavy atom. The number of piperidine rings is 3. The summed E-state index contributed by atoms with van der Waals surface area (Å²) in [7, 11) is 0. The van der Waals surface area contributed by atoms with E-state index in [1.807, 2.05) is 12.1 Å². The minimum Gasteiger partial charge on any atom is -0.348 e. The zero-order valence-electron chi connectivity index (χ0n) is 11.9. The Labute approximate surface area is 123 Å². The third-order valence-corrected chi connectivity index (χ3v) is 4.97. The maximum atomic E-state index is 12.4. The summed E-state index contributed by atoms with van der Waals surface area (Å²) in [6.07, 6.45) is 2.75. The van der Waals surface area contributed by atoms with Gasteiger partial charge in [-0.3, -0.25) is 9.59 Å². The van der Waals surface area contributed by atoms with E-state index in [0.29, 0.717) is 17.9 Å². The minimum atomic E-state index is -0.0177. The van der Waals surface area contributed by atoms with Gasteiger partial charge in [-0.05, 0) is 55.6 Å². The molecule has 4 heterocycles. The van der Waals surface area contributed by atoms with Gasteiger partial charge in [0.05, 0.1) is 6.42 Å². The molecule has 3 fully saturated rings. The number of hydrogen-bond donors (Lipinski definition) is 2. The molecule has 21 heavy (non-hydrogen) atoms. The van der Waals surface area contributed by atoms with Crippen LogP contribution in [-0.2, 0) is 11.2 Å². The largest absolute Gasteiger partial charge is 0.348 e. The first-order chi connectivity index (χ1) is 10.2. The van der Waals surface area contributed by atoms with Gasteiger partial charge in [0, 0.05) is 23.8 Å². The minimum absolute atomic E-state index is 0.0000477. The normalized spacial score (nSPS) is 29.9. The smallest absolute Gasteiger partial charge is 0.251 e. The molecule has 5 heteroatoms. The van der Waals surface area contributed by atoms with Crippen LogP contribution in [0.5, 0.6) is 0 Å². The lowest BCUT2D eigenvalue weighted by atomic mass is 9.84. The Hall–Kier alpha value is -1.88. The predicted molar refractivity (Wildman–Crippen MR) is 79.2 cm³/mol. The fourth-order valence-electron chi connectivity index (χ4n) is 3.75. The topological polar surface area (TPSA) is 61.4 Å². The van der Waals surface area contributed by atoms with Crippen molar-refractivity contribution < 1.29 is 9.59 Å². The molecule has 5 rings (SSSR count). The van der Waals surface area contributed by atoms with Gasteiger partial charge in [-0.1, -0.05) is 0 Å². The van der Waals surface area contributed by atoms with Crippen LogP contribution in [-0.4, -0.2) is 42.4 Å². The molecule has 0 aliphatic carbocycles. The van der Waals surface area contributed by atoms with E-state index < -0.39 is 0 Å². The van der Waals surface area contributed by atoms with E-state index in [4.69, 9.17) is 0 Å². The molecule has 1 atom stereocenters. The summed E-state index contributed by atoms with van der Waals surface area (Å²) in [6, 6.07) is 5.73. The van der Waals surface area contributed by atoms with E-state index in [2.05, 4.69) is 15.5 Å². The quantitative estimate of drug-likeness (QED) is 0.852. The Bertz CT molecular complexity index is 606. The maximum absolute atomic E-state index is 12.4. The van der Waals surface area contributed by atoms with Crippen molar-refractivity contribution in [2.24, 2.45) is 5.92 Å². The highest BCUT2D eigenvalue weighted by atomic mass is 16.2. The summed E-state index contributed by atoms with van der Waals surface area (Å²) < 4.78 is 0. The van der Waals surface area contributed by atoms with Crippen LogP contribution in [0, 0.1) is 5.92 Å². The third kappa shape index (κ3) is 2.31. The first-order valence-corrected chi connectivity index (χ1v) is 7.65. The van der Waals surface area contributed by atoms with Gasteiger partial charge in [0.1, 0.15) is 0 Å². The molecule has 4 aliphatic rings. The second-order valence-corrected chi connectivity index (χ2v) is 6.31. The van der Waals surface area contributed by atoms with Gasteiger partial charge in [-0.15, -0.1) is 0 Å². The molecule has 0 radical (unpaired) electrons. The van der Waals surface area contributed by atoms with Crippen molar-refractivity contribution in [2.75, 3.05) is 25.0 Å². The first-order valence-electron chi connectivity index (χ1n) is 7.65. The number of rotatable bonds is 2. The van der Waals surface area contributed by atoms with Crippen molar-refractivity contribution in [3.63, 3.8) is 0 Å². The summed E-state index contributed by atoms with van der Waals surface area (Å²) in [5.41, 5.74) is 2.41. The van der Waals surface area contributed by atoms with Crippen LogP contribution in [0.2, 0.25) is 0 Å². The number of nitrogens with zero attached hydrogens (tertiary/aromatic N) is 1. The summed E-state index contributed by atoms with van der Waals surface area (Å²) in [6.45, 7) is 3.31. The lowest BCUT2D eigenvalue weighted by molar-refractivity contribution is -0.115. The zero-order valence-corrected chi connectivity index (χ0v) is 11.9. The number of nitrogens with one attached hydrogen (secondary N) is 2. The lowest BCUT2D eigenvalue weighted by Gasteiger charge is -2.44. The van der Waals surface area contributed by atoms with Crippen LogP contribution in [0.4, 0.5) is 5.69 Å². The molecular formula is C16H19N3O2. The van der Waals surface area contributed by atoms with Crippen LogP contribution >= 0.6 is 0 Å². The number of benzene rings is 1. The van der Waals surface area contributed by atoms with Gasteiger partial charge in [-0.2, -0.15) is 0 Å². The molecular weight excluding hydrogens is 266 g/mol. The molecule has 0 spiro atoms. The molecule has 4 aliphatic heterocycles. The molecule has 0 aromatic heterocycles. The van der Waals surface area contributed by atoms with Crippen LogP contribution < -0.4 is 10.6 Å². The van der Waals surface area contributed by atoms with E-state index in [1.165, 1.54) is 25.9 Å². The molecule has 1 aromatic carbocycles. The molecule has 5 nitrogen and oxygen atoms in total. The lowest BCUT2D eigenvalue weighted by Crippen LogP contribution is -2.57. The molecule has 110 valence electrons. The number of amides is 2. The molecule has 3 saturated heterocycles. The van der Waals surface area contributed by atoms with Crippen molar-refractivity contribution in [3.05, 3.63) is 29.3 Å². The molecule has 1 unspecified atom stereocenters. The van der Waals surface area contributed by atoms with Gasteiger partial charge in [0.25, 0.3) is 5.91 Å². The fraction of sp³-hybridized carbons (Fsp3) is 0.500. The number of carbonyl (C=O) groups is 2. The highest BCUT2D eigenvalue weighted by Crippen LogP contribution is 2.28. The maximum Gasteiger partial charge on any atom is 0.251 e. The summed E-state index contributed by atoms with van der Waals surface area (Å²) >= 11 is 0. The molecule has 2 amide bonds. The second kappa shape index (κ2) is 4.84. The second-order valence-electron chi connectivity index (χ2n) is 6.31. The van der Waals surface area contributed by atoms with Crippen molar-refractivity contribution in [3.8, 4) is 0 Å². The Kier molecular flexibility index (Phi) is 2.96. The summed E-state index contributed by atoms with van der Waals surface area (Å²) in [4.78, 5) is 26.2. The van der Waals surface area contributed by atoms with E-state index in [0.717, 1.165) is 17.8 Å².